The number of β-amino-alcohol motifs (C(OH)–C–C–N with tert-alkyl or cyclic N) is 2. The molecule has 4 heterocycles. The number of amides is 5. The van der Waals surface area contributed by atoms with Crippen LogP contribution in [-0.2, 0) is 33.5 Å². The molecule has 8 N–H and O–H groups in total. The quantitative estimate of drug-likeness (QED) is 0.0788. The third-order valence-corrected chi connectivity index (χ3v) is 9.07. The van der Waals surface area contributed by atoms with Gasteiger partial charge in [-0.05, 0) is 25.7 Å². The molecule has 4 aliphatic heterocycles. The lowest BCUT2D eigenvalue weighted by Crippen LogP contribution is -2.71. The maximum Gasteiger partial charge on any atom is 0.334 e. The summed E-state index contributed by atoms with van der Waals surface area (Å²) in [5, 5.41) is 38.3. The van der Waals surface area contributed by atoms with Gasteiger partial charge in [0.05, 0.1) is 24.2 Å². The number of hydrogen-bond acceptors (Lipinski definition) is 13. The molecule has 0 aromatic heterocycles. The number of alkyl halides is 1. The Morgan fingerprint density at radius 2 is 1.46 bits per heavy atom. The number of allylic oxidation sites excluding steroid dienone is 3. The van der Waals surface area contributed by atoms with Crippen molar-refractivity contribution >= 4 is 47.1 Å². The first-order chi connectivity index (χ1) is 23.6. The van der Waals surface area contributed by atoms with Crippen molar-refractivity contribution in [2.45, 2.75) is 93.7 Å². The van der Waals surface area contributed by atoms with Crippen molar-refractivity contribution < 1.29 is 48.8 Å². The second kappa shape index (κ2) is 17.0. The standard InChI is InChI=1S/C31H47ClN8O10/c1-17(2)7-5-4-6-8-21-28(47)40-24(9-18(32)12-33-40)29(48)39-23(11-20(43)14-35-39)27(46)37-31(3,16-41)30(49)50-15-25(44)38-22(26(45)36-21)10-19(42)13-34-38/h4-7,17-24,33-35,41-43H,8-16H2,1-3H3,(H,36,45)(H,37,46)/b6-4+,7-5+/t18-,19+,20-,21-,22+,23?,24?,31-/m0/s1. The molecule has 4 aliphatic rings. The van der Waals surface area contributed by atoms with Gasteiger partial charge in [-0.15, -0.1) is 11.6 Å². The molecule has 278 valence electrons. The summed E-state index contributed by atoms with van der Waals surface area (Å²) in [4.78, 5) is 82.4. The molecular weight excluding hydrogens is 680 g/mol. The van der Waals surface area contributed by atoms with Gasteiger partial charge < -0.3 is 30.7 Å². The van der Waals surface area contributed by atoms with Gasteiger partial charge in [-0.2, -0.15) is 0 Å². The van der Waals surface area contributed by atoms with E-state index in [1.807, 2.05) is 19.9 Å². The molecule has 0 aromatic rings. The third-order valence-electron chi connectivity index (χ3n) is 8.74. The van der Waals surface area contributed by atoms with Gasteiger partial charge in [-0.25, -0.2) is 21.1 Å². The van der Waals surface area contributed by atoms with Gasteiger partial charge in [-0.1, -0.05) is 38.2 Å². The number of nitrogens with zero attached hydrogens (tertiary/aromatic N) is 3. The van der Waals surface area contributed by atoms with Gasteiger partial charge in [0.2, 0.25) is 11.8 Å². The number of hydrogen-bond donors (Lipinski definition) is 8. The van der Waals surface area contributed by atoms with Crippen LogP contribution in [0.3, 0.4) is 0 Å². The van der Waals surface area contributed by atoms with Crippen molar-refractivity contribution in [3.8, 4) is 0 Å². The van der Waals surface area contributed by atoms with E-state index in [2.05, 4.69) is 26.9 Å². The van der Waals surface area contributed by atoms with Crippen molar-refractivity contribution in [2.24, 2.45) is 5.92 Å². The molecule has 4 rings (SSSR count). The van der Waals surface area contributed by atoms with Gasteiger partial charge >= 0.3 is 5.97 Å². The number of aliphatic hydroxyl groups excluding tert-OH is 3. The Morgan fingerprint density at radius 3 is 2.10 bits per heavy atom. The Morgan fingerprint density at radius 1 is 0.860 bits per heavy atom. The molecule has 0 bridgehead atoms. The van der Waals surface area contributed by atoms with Crippen LogP contribution in [0.15, 0.2) is 24.3 Å². The lowest BCUT2D eigenvalue weighted by molar-refractivity contribution is -0.167. The number of nitrogens with one attached hydrogen (secondary N) is 5. The monoisotopic (exact) mass is 726 g/mol. The molecule has 18 nitrogen and oxygen atoms in total. The number of hydrazine groups is 3. The number of carbonyl (C=O) groups excluding carboxylic acids is 6. The summed E-state index contributed by atoms with van der Waals surface area (Å²) in [5.74, 6) is -5.07. The SMILES string of the molecule is CC(C)/C=C/C=C/C[C@@H]1NC(=O)[C@H]2C[C@@H](O)CNN2C(=O)COC(=O)[C@](C)(CO)NC(=O)C2C[C@H](O)CNN2C(=O)C2C[C@H](Cl)CNN2C1=O. The van der Waals surface area contributed by atoms with Crippen LogP contribution in [0.25, 0.3) is 0 Å². The highest BCUT2D eigenvalue weighted by atomic mass is 35.5. The summed E-state index contributed by atoms with van der Waals surface area (Å²) in [7, 11) is 0. The molecule has 0 aromatic carbocycles. The van der Waals surface area contributed by atoms with Crippen molar-refractivity contribution in [3.63, 3.8) is 0 Å². The van der Waals surface area contributed by atoms with E-state index >= 15 is 0 Å². The van der Waals surface area contributed by atoms with E-state index in [0.717, 1.165) is 22.0 Å². The topological polar surface area (TPSA) is 242 Å². The molecule has 0 aliphatic carbocycles. The molecule has 0 saturated carbocycles. The maximum atomic E-state index is 14.3. The Bertz CT molecular complexity index is 1370. The number of halogens is 1. The molecule has 4 fully saturated rings. The number of esters is 1. The summed E-state index contributed by atoms with van der Waals surface area (Å²) < 4.78 is 5.17. The van der Waals surface area contributed by atoms with Crippen LogP contribution >= 0.6 is 11.6 Å². The predicted molar refractivity (Wildman–Crippen MR) is 176 cm³/mol. The van der Waals surface area contributed by atoms with Crippen LogP contribution in [0, 0.1) is 5.92 Å². The Balaban J connectivity index is 1.77. The second-order valence-electron chi connectivity index (χ2n) is 13.3. The average molecular weight is 727 g/mol. The van der Waals surface area contributed by atoms with Crippen LogP contribution in [0.4, 0.5) is 0 Å². The first-order valence-electron chi connectivity index (χ1n) is 16.6. The minimum Gasteiger partial charge on any atom is -0.454 e. The van der Waals surface area contributed by atoms with E-state index in [1.54, 1.807) is 18.2 Å². The molecule has 0 spiro atoms. The van der Waals surface area contributed by atoms with Gasteiger partial charge in [-0.3, -0.25) is 39.0 Å². The Kier molecular flexibility index (Phi) is 13.3. The number of rotatable bonds is 5. The first kappa shape index (κ1) is 39.1. The van der Waals surface area contributed by atoms with Gasteiger partial charge in [0.15, 0.2) is 12.1 Å². The summed E-state index contributed by atoms with van der Waals surface area (Å²) in [6.45, 7) is 3.09. The lowest BCUT2D eigenvalue weighted by atomic mass is 9.98. The van der Waals surface area contributed by atoms with E-state index < -0.39 is 96.0 Å². The van der Waals surface area contributed by atoms with Crippen LogP contribution < -0.4 is 26.9 Å². The largest absolute Gasteiger partial charge is 0.454 e. The highest BCUT2D eigenvalue weighted by Crippen LogP contribution is 2.23. The normalized spacial score (nSPS) is 34.2. The lowest BCUT2D eigenvalue weighted by Gasteiger charge is -2.44. The first-order valence-corrected chi connectivity index (χ1v) is 17.0. The van der Waals surface area contributed by atoms with Crippen LogP contribution in [0.1, 0.15) is 46.5 Å². The van der Waals surface area contributed by atoms with E-state index in [0.29, 0.717) is 0 Å². The smallest absolute Gasteiger partial charge is 0.334 e. The van der Waals surface area contributed by atoms with E-state index in [1.165, 1.54) is 0 Å². The Labute approximate surface area is 294 Å². The van der Waals surface area contributed by atoms with Crippen molar-refractivity contribution in [2.75, 3.05) is 32.8 Å². The fraction of sp³-hybridized carbons (Fsp3) is 0.677. The summed E-state index contributed by atoms with van der Waals surface area (Å²) in [5.41, 5.74) is 6.15. The number of ether oxygens (including phenoxy) is 1. The summed E-state index contributed by atoms with van der Waals surface area (Å²) in [6, 6.07) is -5.36. The molecular formula is C31H47ClN8O10. The minimum atomic E-state index is -2.09. The van der Waals surface area contributed by atoms with Gasteiger partial charge in [0.1, 0.15) is 24.2 Å². The summed E-state index contributed by atoms with van der Waals surface area (Å²) >= 11 is 6.46. The Hall–Kier alpha value is -3.65. The zero-order valence-electron chi connectivity index (χ0n) is 28.2. The number of cyclic esters (lactones) is 1. The molecule has 5 amide bonds. The van der Waals surface area contributed by atoms with E-state index in [-0.39, 0.29) is 51.2 Å². The molecule has 19 heteroatoms. The third kappa shape index (κ3) is 9.36. The highest BCUT2D eigenvalue weighted by Gasteiger charge is 2.48. The summed E-state index contributed by atoms with van der Waals surface area (Å²) in [6.07, 6.45) is 4.36. The van der Waals surface area contributed by atoms with Crippen LogP contribution in [-0.4, -0.2) is 146 Å². The van der Waals surface area contributed by atoms with Gasteiger partial charge in [0, 0.05) is 32.5 Å². The zero-order valence-corrected chi connectivity index (χ0v) is 29.0. The fourth-order valence-electron chi connectivity index (χ4n) is 5.91. The van der Waals surface area contributed by atoms with Crippen molar-refractivity contribution in [1.29, 1.82) is 0 Å². The minimum absolute atomic E-state index is 0.0381. The predicted octanol–water partition coefficient (Wildman–Crippen LogP) is -3.30. The maximum absolute atomic E-state index is 14.3. The second-order valence-corrected chi connectivity index (χ2v) is 14.0. The number of aliphatic hydroxyl groups is 3. The highest BCUT2D eigenvalue weighted by molar-refractivity contribution is 6.21. The molecule has 0 radical (unpaired) electrons. The van der Waals surface area contributed by atoms with Crippen LogP contribution in [0.2, 0.25) is 0 Å². The van der Waals surface area contributed by atoms with Crippen molar-refractivity contribution in [3.05, 3.63) is 24.3 Å². The zero-order chi connectivity index (χ0) is 36.7. The molecule has 4 saturated heterocycles. The average Bonchev–Trinajstić information content (AvgIpc) is 3.08. The fourth-order valence-corrected chi connectivity index (χ4v) is 6.15. The molecule has 50 heavy (non-hydrogen) atoms. The van der Waals surface area contributed by atoms with Gasteiger partial charge in [0.25, 0.3) is 17.7 Å². The number of fused-ring (bicyclic) bond motifs is 3. The number of carbonyl (C=O) groups is 6. The van der Waals surface area contributed by atoms with E-state index in [4.69, 9.17) is 16.3 Å². The molecule has 2 unspecified atom stereocenters. The van der Waals surface area contributed by atoms with Crippen LogP contribution in [0.5, 0.6) is 0 Å². The van der Waals surface area contributed by atoms with E-state index in [9.17, 15) is 44.1 Å². The van der Waals surface area contributed by atoms with Crippen molar-refractivity contribution in [1.82, 2.24) is 41.9 Å². The molecule has 8 atom stereocenters.